The number of para-hydroxylation sites is 1. The number of rotatable bonds is 8. The number of hydrogen-bond acceptors (Lipinski definition) is 3. The van der Waals surface area contributed by atoms with Crippen LogP contribution in [0.2, 0.25) is 0 Å². The molecule has 0 radical (unpaired) electrons. The molecule has 0 aliphatic carbocycles. The molecule has 4 nitrogen and oxygen atoms in total. The molecule has 1 aromatic carbocycles. The van der Waals surface area contributed by atoms with Gasteiger partial charge in [-0.3, -0.25) is 4.79 Å². The van der Waals surface area contributed by atoms with Gasteiger partial charge in [0.05, 0.1) is 0 Å². The van der Waals surface area contributed by atoms with Gasteiger partial charge in [0.15, 0.2) is 6.61 Å². The van der Waals surface area contributed by atoms with Crippen molar-refractivity contribution in [3.8, 4) is 5.75 Å². The fraction of sp³-hybridized carbons (Fsp3) is 0.533. The van der Waals surface area contributed by atoms with Crippen molar-refractivity contribution >= 4 is 5.91 Å². The molecule has 106 valence electrons. The normalized spacial score (nSPS) is 10.3. The highest BCUT2D eigenvalue weighted by atomic mass is 16.5. The van der Waals surface area contributed by atoms with Gasteiger partial charge in [0, 0.05) is 6.54 Å². The molecule has 1 aromatic rings. The summed E-state index contributed by atoms with van der Waals surface area (Å²) in [6.45, 7) is 5.41. The first kappa shape index (κ1) is 15.5. The Bertz CT molecular complexity index is 405. The minimum atomic E-state index is -0.0737. The summed E-state index contributed by atoms with van der Waals surface area (Å²) in [6, 6.07) is 5.95. The summed E-state index contributed by atoms with van der Waals surface area (Å²) in [7, 11) is 0. The van der Waals surface area contributed by atoms with Crippen molar-refractivity contribution in [1.82, 2.24) is 5.32 Å². The SMILES string of the molecule is CCCCNC(=O)COc1c(C)cccc1CCN. The van der Waals surface area contributed by atoms with E-state index in [0.29, 0.717) is 13.1 Å². The smallest absolute Gasteiger partial charge is 0.257 e. The van der Waals surface area contributed by atoms with Crippen LogP contribution in [0.15, 0.2) is 18.2 Å². The number of hydrogen-bond donors (Lipinski definition) is 2. The summed E-state index contributed by atoms with van der Waals surface area (Å²) in [4.78, 5) is 11.6. The standard InChI is InChI=1S/C15H24N2O2/c1-3-4-10-17-14(18)11-19-15-12(2)6-5-7-13(15)8-9-16/h5-7H,3-4,8-11,16H2,1-2H3,(H,17,18). The lowest BCUT2D eigenvalue weighted by Crippen LogP contribution is -2.29. The Morgan fingerprint density at radius 2 is 2.21 bits per heavy atom. The van der Waals surface area contributed by atoms with Gasteiger partial charge in [0.1, 0.15) is 5.75 Å². The van der Waals surface area contributed by atoms with E-state index >= 15 is 0 Å². The number of carbonyl (C=O) groups is 1. The summed E-state index contributed by atoms with van der Waals surface area (Å²) >= 11 is 0. The Balaban J connectivity index is 2.54. The number of ether oxygens (including phenoxy) is 1. The van der Waals surface area contributed by atoms with E-state index in [0.717, 1.165) is 36.1 Å². The number of benzene rings is 1. The van der Waals surface area contributed by atoms with Crippen LogP contribution in [0.3, 0.4) is 0 Å². The Morgan fingerprint density at radius 1 is 1.42 bits per heavy atom. The van der Waals surface area contributed by atoms with Gasteiger partial charge in [0.2, 0.25) is 0 Å². The predicted octanol–water partition coefficient (Wildman–Crippen LogP) is 1.79. The number of aryl methyl sites for hydroxylation is 1. The molecule has 19 heavy (non-hydrogen) atoms. The van der Waals surface area contributed by atoms with Gasteiger partial charge in [-0.05, 0) is 37.4 Å². The van der Waals surface area contributed by atoms with Gasteiger partial charge < -0.3 is 15.8 Å². The summed E-state index contributed by atoms with van der Waals surface area (Å²) in [5.74, 6) is 0.717. The van der Waals surface area contributed by atoms with E-state index in [1.807, 2.05) is 25.1 Å². The monoisotopic (exact) mass is 264 g/mol. The van der Waals surface area contributed by atoms with Crippen LogP contribution in [-0.2, 0) is 11.2 Å². The fourth-order valence-electron chi connectivity index (χ4n) is 1.87. The highest BCUT2D eigenvalue weighted by Crippen LogP contribution is 2.23. The van der Waals surface area contributed by atoms with Gasteiger partial charge in [0.25, 0.3) is 5.91 Å². The van der Waals surface area contributed by atoms with Crippen LogP contribution in [0, 0.1) is 6.92 Å². The molecule has 4 heteroatoms. The minimum Gasteiger partial charge on any atom is -0.483 e. The molecule has 0 saturated carbocycles. The van der Waals surface area contributed by atoms with Crippen molar-refractivity contribution in [1.29, 1.82) is 0 Å². The molecular formula is C15H24N2O2. The minimum absolute atomic E-state index is 0.0616. The van der Waals surface area contributed by atoms with E-state index in [9.17, 15) is 4.79 Å². The molecule has 1 amide bonds. The van der Waals surface area contributed by atoms with Crippen LogP contribution in [0.5, 0.6) is 5.75 Å². The second-order valence-corrected chi connectivity index (χ2v) is 4.59. The van der Waals surface area contributed by atoms with E-state index in [1.165, 1.54) is 0 Å². The average molecular weight is 264 g/mol. The second-order valence-electron chi connectivity index (χ2n) is 4.59. The first-order valence-corrected chi connectivity index (χ1v) is 6.87. The summed E-state index contributed by atoms with van der Waals surface area (Å²) in [5.41, 5.74) is 7.68. The third kappa shape index (κ3) is 5.30. The molecule has 1 rings (SSSR count). The average Bonchev–Trinajstić information content (AvgIpc) is 2.39. The largest absolute Gasteiger partial charge is 0.483 e. The van der Waals surface area contributed by atoms with Crippen molar-refractivity contribution in [3.63, 3.8) is 0 Å². The molecule has 3 N–H and O–H groups in total. The molecule has 0 saturated heterocycles. The zero-order chi connectivity index (χ0) is 14.1. The number of amides is 1. The van der Waals surface area contributed by atoms with E-state index in [4.69, 9.17) is 10.5 Å². The Kier molecular flexibility index (Phi) is 6.97. The van der Waals surface area contributed by atoms with Crippen LogP contribution in [0.25, 0.3) is 0 Å². The van der Waals surface area contributed by atoms with Crippen molar-refractivity contribution in [2.75, 3.05) is 19.7 Å². The van der Waals surface area contributed by atoms with Gasteiger partial charge in [-0.15, -0.1) is 0 Å². The molecule has 0 unspecified atom stereocenters. The van der Waals surface area contributed by atoms with E-state index < -0.39 is 0 Å². The van der Waals surface area contributed by atoms with Crippen molar-refractivity contribution in [2.45, 2.75) is 33.1 Å². The zero-order valence-corrected chi connectivity index (χ0v) is 11.9. The second kappa shape index (κ2) is 8.53. The first-order valence-electron chi connectivity index (χ1n) is 6.87. The van der Waals surface area contributed by atoms with Crippen LogP contribution in [0.4, 0.5) is 0 Å². The van der Waals surface area contributed by atoms with E-state index in [2.05, 4.69) is 12.2 Å². The molecule has 0 fully saturated rings. The summed E-state index contributed by atoms with van der Waals surface area (Å²) < 4.78 is 5.65. The van der Waals surface area contributed by atoms with Crippen LogP contribution in [0.1, 0.15) is 30.9 Å². The van der Waals surface area contributed by atoms with Crippen molar-refractivity contribution < 1.29 is 9.53 Å². The third-order valence-corrected chi connectivity index (χ3v) is 2.91. The highest BCUT2D eigenvalue weighted by Gasteiger charge is 2.08. The Hall–Kier alpha value is -1.55. The molecular weight excluding hydrogens is 240 g/mol. The van der Waals surface area contributed by atoms with Gasteiger partial charge >= 0.3 is 0 Å². The molecule has 0 aliphatic heterocycles. The van der Waals surface area contributed by atoms with Gasteiger partial charge in [-0.25, -0.2) is 0 Å². The lowest BCUT2D eigenvalue weighted by molar-refractivity contribution is -0.123. The lowest BCUT2D eigenvalue weighted by Gasteiger charge is -2.13. The number of unbranched alkanes of at least 4 members (excludes halogenated alkanes) is 1. The summed E-state index contributed by atoms with van der Waals surface area (Å²) in [6.07, 6.45) is 2.82. The quantitative estimate of drug-likeness (QED) is 0.704. The maximum atomic E-state index is 11.6. The predicted molar refractivity (Wildman–Crippen MR) is 77.4 cm³/mol. The topological polar surface area (TPSA) is 64.3 Å². The van der Waals surface area contributed by atoms with Crippen LogP contribution < -0.4 is 15.8 Å². The van der Waals surface area contributed by atoms with Crippen molar-refractivity contribution in [3.05, 3.63) is 29.3 Å². The fourth-order valence-corrected chi connectivity index (χ4v) is 1.87. The van der Waals surface area contributed by atoms with Gasteiger partial charge in [-0.1, -0.05) is 31.5 Å². The van der Waals surface area contributed by atoms with E-state index in [-0.39, 0.29) is 12.5 Å². The zero-order valence-electron chi connectivity index (χ0n) is 11.9. The number of nitrogens with two attached hydrogens (primary N) is 1. The molecule has 0 aliphatic rings. The first-order chi connectivity index (χ1) is 9.19. The number of carbonyl (C=O) groups excluding carboxylic acids is 1. The third-order valence-electron chi connectivity index (χ3n) is 2.91. The van der Waals surface area contributed by atoms with Crippen molar-refractivity contribution in [2.24, 2.45) is 5.73 Å². The van der Waals surface area contributed by atoms with Gasteiger partial charge in [-0.2, -0.15) is 0 Å². The number of nitrogens with one attached hydrogen (secondary N) is 1. The van der Waals surface area contributed by atoms with Crippen LogP contribution in [-0.4, -0.2) is 25.6 Å². The maximum Gasteiger partial charge on any atom is 0.257 e. The Labute approximate surface area is 115 Å². The van der Waals surface area contributed by atoms with Crippen LogP contribution >= 0.6 is 0 Å². The highest BCUT2D eigenvalue weighted by molar-refractivity contribution is 5.77. The molecule has 0 aromatic heterocycles. The Morgan fingerprint density at radius 3 is 2.89 bits per heavy atom. The maximum absolute atomic E-state index is 11.6. The molecule has 0 spiro atoms. The molecule has 0 bridgehead atoms. The molecule has 0 heterocycles. The summed E-state index contributed by atoms with van der Waals surface area (Å²) in [5, 5.41) is 2.84. The lowest BCUT2D eigenvalue weighted by atomic mass is 10.1. The molecule has 0 atom stereocenters. The van der Waals surface area contributed by atoms with E-state index in [1.54, 1.807) is 0 Å².